The lowest BCUT2D eigenvalue weighted by Gasteiger charge is -2.41. The Hall–Kier alpha value is -2.83. The molecule has 33 heavy (non-hydrogen) atoms. The number of fused-ring (bicyclic) bond motifs is 2. The molecule has 6 nitrogen and oxygen atoms in total. The van der Waals surface area contributed by atoms with Crippen LogP contribution in [-0.2, 0) is 23.4 Å². The Morgan fingerprint density at radius 3 is 2.64 bits per heavy atom. The van der Waals surface area contributed by atoms with Crippen LogP contribution < -0.4 is 9.47 Å². The van der Waals surface area contributed by atoms with Gasteiger partial charge in [0.25, 0.3) is 0 Å². The van der Waals surface area contributed by atoms with Gasteiger partial charge < -0.3 is 19.7 Å². The molecule has 2 aromatic carbocycles. The first-order valence-electron chi connectivity index (χ1n) is 11.7. The van der Waals surface area contributed by atoms with Gasteiger partial charge in [0.1, 0.15) is 17.1 Å². The zero-order valence-electron chi connectivity index (χ0n) is 19.4. The first-order chi connectivity index (χ1) is 15.7. The summed E-state index contributed by atoms with van der Waals surface area (Å²) in [5.74, 6) is -0.953. The molecule has 0 bridgehead atoms. The Labute approximate surface area is 194 Å². The molecule has 5 rings (SSSR count). The monoisotopic (exact) mass is 449 g/mol. The highest BCUT2D eigenvalue weighted by Gasteiger charge is 2.41. The summed E-state index contributed by atoms with van der Waals surface area (Å²) in [4.78, 5) is 13.2. The number of carbonyl (C=O) groups is 1. The van der Waals surface area contributed by atoms with Gasteiger partial charge in [0.2, 0.25) is 5.79 Å². The largest absolute Gasteiger partial charge is 0.483 e. The third-order valence-electron chi connectivity index (χ3n) is 7.01. The summed E-state index contributed by atoms with van der Waals surface area (Å²) in [5, 5.41) is 20.5. The Morgan fingerprint density at radius 2 is 1.91 bits per heavy atom. The van der Waals surface area contributed by atoms with Crippen LogP contribution in [0.15, 0.2) is 42.0 Å². The fourth-order valence-corrected chi connectivity index (χ4v) is 4.94. The maximum atomic E-state index is 11.4. The SMILES string of the molecule is CCCc1ccc2c(c1)OC(O)(c1ccc3c(c1)OC(C)(C)C(CN1CC(C(=O)O)C1)=C3)C2. The zero-order valence-corrected chi connectivity index (χ0v) is 19.4. The maximum Gasteiger partial charge on any atom is 0.309 e. The predicted octanol–water partition coefficient (Wildman–Crippen LogP) is 3.99. The molecule has 1 unspecified atom stereocenters. The van der Waals surface area contributed by atoms with Gasteiger partial charge in [0.05, 0.1) is 5.92 Å². The van der Waals surface area contributed by atoms with Crippen molar-refractivity contribution in [3.8, 4) is 11.5 Å². The number of carboxylic acids is 1. The first kappa shape index (κ1) is 22.0. The van der Waals surface area contributed by atoms with Crippen molar-refractivity contribution in [3.63, 3.8) is 0 Å². The third kappa shape index (κ3) is 4.02. The topological polar surface area (TPSA) is 79.2 Å². The van der Waals surface area contributed by atoms with Crippen LogP contribution in [0.2, 0.25) is 0 Å². The van der Waals surface area contributed by atoms with Gasteiger partial charge in [-0.1, -0.05) is 37.6 Å². The van der Waals surface area contributed by atoms with E-state index in [1.165, 1.54) is 5.56 Å². The predicted molar refractivity (Wildman–Crippen MR) is 125 cm³/mol. The molecule has 174 valence electrons. The number of rotatable bonds is 6. The van der Waals surface area contributed by atoms with E-state index in [2.05, 4.69) is 30.0 Å². The second-order valence-corrected chi connectivity index (χ2v) is 10.0. The van der Waals surface area contributed by atoms with Crippen molar-refractivity contribution in [1.82, 2.24) is 4.90 Å². The van der Waals surface area contributed by atoms with Crippen molar-refractivity contribution in [2.75, 3.05) is 19.6 Å². The number of aliphatic carboxylic acids is 1. The highest BCUT2D eigenvalue weighted by molar-refractivity contribution is 5.72. The van der Waals surface area contributed by atoms with Crippen LogP contribution in [-0.4, -0.2) is 46.3 Å². The van der Waals surface area contributed by atoms with E-state index in [4.69, 9.17) is 14.6 Å². The van der Waals surface area contributed by atoms with E-state index in [0.29, 0.717) is 37.4 Å². The number of hydrogen-bond acceptors (Lipinski definition) is 5. The number of benzene rings is 2. The van der Waals surface area contributed by atoms with Gasteiger partial charge in [-0.3, -0.25) is 9.69 Å². The lowest BCUT2D eigenvalue weighted by Crippen LogP contribution is -2.52. The molecule has 2 aromatic rings. The van der Waals surface area contributed by atoms with Crippen molar-refractivity contribution in [1.29, 1.82) is 0 Å². The van der Waals surface area contributed by atoms with Crippen LogP contribution in [0, 0.1) is 5.92 Å². The van der Waals surface area contributed by atoms with E-state index in [0.717, 1.165) is 35.3 Å². The minimum Gasteiger partial charge on any atom is -0.483 e. The summed E-state index contributed by atoms with van der Waals surface area (Å²) in [6, 6.07) is 11.9. The molecule has 3 heterocycles. The van der Waals surface area contributed by atoms with Gasteiger partial charge in [-0.25, -0.2) is 0 Å². The molecule has 0 aromatic heterocycles. The summed E-state index contributed by atoms with van der Waals surface area (Å²) < 4.78 is 12.4. The molecule has 0 saturated carbocycles. The van der Waals surface area contributed by atoms with Gasteiger partial charge >= 0.3 is 5.97 Å². The average molecular weight is 450 g/mol. The Balaban J connectivity index is 1.36. The molecule has 6 heteroatoms. The number of aliphatic hydroxyl groups is 1. The molecule has 3 aliphatic rings. The van der Waals surface area contributed by atoms with Crippen LogP contribution in [0.4, 0.5) is 0 Å². The van der Waals surface area contributed by atoms with Crippen LogP contribution >= 0.6 is 0 Å². The quantitative estimate of drug-likeness (QED) is 0.694. The smallest absolute Gasteiger partial charge is 0.309 e. The van der Waals surface area contributed by atoms with Crippen molar-refractivity contribution >= 4 is 12.0 Å². The van der Waals surface area contributed by atoms with Gasteiger partial charge in [-0.2, -0.15) is 0 Å². The van der Waals surface area contributed by atoms with E-state index in [9.17, 15) is 9.90 Å². The normalized spacial score (nSPS) is 23.6. The third-order valence-corrected chi connectivity index (χ3v) is 7.01. The van der Waals surface area contributed by atoms with Crippen molar-refractivity contribution in [3.05, 3.63) is 64.2 Å². The summed E-state index contributed by atoms with van der Waals surface area (Å²) in [7, 11) is 0. The van der Waals surface area contributed by atoms with Gasteiger partial charge in [-0.05, 0) is 49.6 Å². The summed E-state index contributed by atoms with van der Waals surface area (Å²) in [6.45, 7) is 8.01. The molecule has 0 amide bonds. The summed E-state index contributed by atoms with van der Waals surface area (Å²) in [5.41, 5.74) is 4.43. The Kier molecular flexibility index (Phi) is 5.26. The number of hydrogen-bond donors (Lipinski definition) is 2. The Morgan fingerprint density at radius 1 is 1.12 bits per heavy atom. The van der Waals surface area contributed by atoms with Gasteiger partial charge in [0, 0.05) is 42.7 Å². The second-order valence-electron chi connectivity index (χ2n) is 10.0. The average Bonchev–Trinajstić information content (AvgIpc) is 3.06. The van der Waals surface area contributed by atoms with Crippen molar-refractivity contribution < 1.29 is 24.5 Å². The Bertz CT molecular complexity index is 1130. The molecule has 1 saturated heterocycles. The molecule has 0 spiro atoms. The second kappa shape index (κ2) is 7.89. The van der Waals surface area contributed by atoms with Crippen LogP contribution in [0.25, 0.3) is 6.08 Å². The lowest BCUT2D eigenvalue weighted by atomic mass is 9.89. The highest BCUT2D eigenvalue weighted by atomic mass is 16.6. The molecular formula is C27H31NO5. The molecule has 1 fully saturated rings. The van der Waals surface area contributed by atoms with E-state index < -0.39 is 17.4 Å². The fraction of sp³-hybridized carbons (Fsp3) is 0.444. The van der Waals surface area contributed by atoms with E-state index >= 15 is 0 Å². The van der Waals surface area contributed by atoms with E-state index in [1.807, 2.05) is 38.1 Å². The molecule has 1 atom stereocenters. The van der Waals surface area contributed by atoms with Crippen LogP contribution in [0.5, 0.6) is 11.5 Å². The number of carboxylic acid groups (broad SMARTS) is 1. The first-order valence-corrected chi connectivity index (χ1v) is 11.7. The lowest BCUT2D eigenvalue weighted by molar-refractivity contribution is -0.147. The van der Waals surface area contributed by atoms with Crippen molar-refractivity contribution in [2.45, 2.75) is 51.4 Å². The van der Waals surface area contributed by atoms with Crippen LogP contribution in [0.1, 0.15) is 49.4 Å². The maximum absolute atomic E-state index is 11.4. The van der Waals surface area contributed by atoms with Gasteiger partial charge in [-0.15, -0.1) is 0 Å². The minimum atomic E-state index is -1.41. The minimum absolute atomic E-state index is 0.276. The summed E-state index contributed by atoms with van der Waals surface area (Å²) >= 11 is 0. The summed E-state index contributed by atoms with van der Waals surface area (Å²) in [6.07, 6.45) is 4.58. The molecule has 2 N–H and O–H groups in total. The molecular weight excluding hydrogens is 418 g/mol. The fourth-order valence-electron chi connectivity index (χ4n) is 4.94. The molecule has 0 radical (unpaired) electrons. The zero-order chi connectivity index (χ0) is 23.4. The number of aryl methyl sites for hydroxylation is 1. The molecule has 3 aliphatic heterocycles. The number of nitrogens with zero attached hydrogens (tertiary/aromatic N) is 1. The van der Waals surface area contributed by atoms with Crippen LogP contribution in [0.3, 0.4) is 0 Å². The number of ether oxygens (including phenoxy) is 2. The van der Waals surface area contributed by atoms with E-state index in [-0.39, 0.29) is 5.92 Å². The van der Waals surface area contributed by atoms with E-state index in [1.54, 1.807) is 0 Å². The number of likely N-dealkylation sites (tertiary alicyclic amines) is 1. The molecule has 0 aliphatic carbocycles. The highest BCUT2D eigenvalue weighted by Crippen LogP contribution is 2.43. The van der Waals surface area contributed by atoms with Crippen molar-refractivity contribution in [2.24, 2.45) is 5.92 Å². The standard InChI is InChI=1S/C27H31NO5/c1-4-5-17-6-7-19-13-27(31,33-23(19)10-17)21-9-8-18-11-22(26(2,3)32-24(18)12-21)16-28-14-20(15-28)25(29)30/h6-12,20,31H,4-5,13-16H2,1-3H3,(H,29,30). The van der Waals surface area contributed by atoms with Gasteiger partial charge in [0.15, 0.2) is 0 Å².